The number of hydrogen-bond donors (Lipinski definition) is 1. The molecular formula is C14H17N3OS. The number of thiazole rings is 1. The lowest BCUT2D eigenvalue weighted by molar-refractivity contribution is 0.282. The first-order chi connectivity index (χ1) is 9.38. The average Bonchev–Trinajstić information content (AvgIpc) is 3.02. The van der Waals surface area contributed by atoms with E-state index in [1.54, 1.807) is 11.3 Å². The number of aromatic nitrogens is 1. The minimum Gasteiger partial charge on any atom is -0.392 e. The van der Waals surface area contributed by atoms with E-state index in [4.69, 9.17) is 0 Å². The van der Waals surface area contributed by atoms with Crippen molar-refractivity contribution < 1.29 is 5.11 Å². The number of para-hydroxylation sites is 1. The van der Waals surface area contributed by atoms with Gasteiger partial charge in [0.25, 0.3) is 0 Å². The second-order valence-electron chi connectivity index (χ2n) is 4.58. The molecule has 3 rings (SSSR count). The molecule has 0 radical (unpaired) electrons. The predicted octanol–water partition coefficient (Wildman–Crippen LogP) is 1.96. The highest BCUT2D eigenvalue weighted by molar-refractivity contribution is 7.13. The van der Waals surface area contributed by atoms with Crippen LogP contribution in [0.1, 0.15) is 5.56 Å². The van der Waals surface area contributed by atoms with Crippen molar-refractivity contribution in [3.05, 3.63) is 41.4 Å². The number of aliphatic hydroxyl groups excluding tert-OH is 1. The SMILES string of the molecule is OCc1ccccc1N1CCN(c2nccs2)CC1. The topological polar surface area (TPSA) is 39.6 Å². The van der Waals surface area contributed by atoms with Crippen LogP contribution in [0.3, 0.4) is 0 Å². The number of aliphatic hydroxyl groups is 1. The molecule has 5 heteroatoms. The smallest absolute Gasteiger partial charge is 0.185 e. The van der Waals surface area contributed by atoms with E-state index in [9.17, 15) is 5.11 Å². The molecule has 0 aliphatic carbocycles. The number of anilines is 2. The molecular weight excluding hydrogens is 258 g/mol. The average molecular weight is 275 g/mol. The molecule has 19 heavy (non-hydrogen) atoms. The Labute approximate surface area is 116 Å². The van der Waals surface area contributed by atoms with Gasteiger partial charge in [0, 0.05) is 49.0 Å². The fourth-order valence-corrected chi connectivity index (χ4v) is 3.16. The molecule has 1 saturated heterocycles. The summed E-state index contributed by atoms with van der Waals surface area (Å²) >= 11 is 1.69. The van der Waals surface area contributed by atoms with Gasteiger partial charge in [0.05, 0.1) is 6.61 Å². The van der Waals surface area contributed by atoms with Crippen molar-refractivity contribution in [2.75, 3.05) is 36.0 Å². The molecule has 100 valence electrons. The van der Waals surface area contributed by atoms with Gasteiger partial charge < -0.3 is 14.9 Å². The molecule has 0 spiro atoms. The zero-order chi connectivity index (χ0) is 13.1. The van der Waals surface area contributed by atoms with Crippen LogP contribution in [0.2, 0.25) is 0 Å². The first kappa shape index (κ1) is 12.4. The molecule has 1 aliphatic heterocycles. The zero-order valence-corrected chi connectivity index (χ0v) is 11.5. The lowest BCUT2D eigenvalue weighted by Crippen LogP contribution is -2.46. The van der Waals surface area contributed by atoms with Gasteiger partial charge in [-0.25, -0.2) is 4.98 Å². The van der Waals surface area contributed by atoms with Crippen molar-refractivity contribution in [2.24, 2.45) is 0 Å². The van der Waals surface area contributed by atoms with Crippen molar-refractivity contribution in [2.45, 2.75) is 6.61 Å². The van der Waals surface area contributed by atoms with E-state index in [0.717, 1.165) is 42.6 Å². The summed E-state index contributed by atoms with van der Waals surface area (Å²) < 4.78 is 0. The lowest BCUT2D eigenvalue weighted by atomic mass is 10.1. The van der Waals surface area contributed by atoms with Crippen molar-refractivity contribution in [1.82, 2.24) is 4.98 Å². The minimum atomic E-state index is 0.100. The van der Waals surface area contributed by atoms with Gasteiger partial charge in [-0.3, -0.25) is 0 Å². The van der Waals surface area contributed by atoms with Crippen LogP contribution in [-0.4, -0.2) is 36.3 Å². The Bertz CT molecular complexity index is 521. The Kier molecular flexibility index (Phi) is 3.66. The maximum Gasteiger partial charge on any atom is 0.185 e. The van der Waals surface area contributed by atoms with E-state index in [-0.39, 0.29) is 6.61 Å². The molecule has 0 atom stereocenters. The maximum absolute atomic E-state index is 9.41. The van der Waals surface area contributed by atoms with Crippen molar-refractivity contribution >= 4 is 22.2 Å². The first-order valence-corrected chi connectivity index (χ1v) is 7.34. The summed E-state index contributed by atoms with van der Waals surface area (Å²) in [4.78, 5) is 9.02. The second kappa shape index (κ2) is 5.59. The van der Waals surface area contributed by atoms with Gasteiger partial charge in [-0.15, -0.1) is 11.3 Å². The summed E-state index contributed by atoms with van der Waals surface area (Å²) in [5, 5.41) is 12.5. The van der Waals surface area contributed by atoms with Gasteiger partial charge in [0.1, 0.15) is 0 Å². The largest absolute Gasteiger partial charge is 0.392 e. The van der Waals surface area contributed by atoms with E-state index in [1.165, 1.54) is 0 Å². The minimum absolute atomic E-state index is 0.100. The van der Waals surface area contributed by atoms with E-state index >= 15 is 0 Å². The third kappa shape index (κ3) is 2.57. The summed E-state index contributed by atoms with van der Waals surface area (Å²) in [6.07, 6.45) is 1.85. The van der Waals surface area contributed by atoms with Crippen LogP contribution in [0.25, 0.3) is 0 Å². The summed E-state index contributed by atoms with van der Waals surface area (Å²) in [7, 11) is 0. The van der Waals surface area contributed by atoms with Crippen LogP contribution in [0.4, 0.5) is 10.8 Å². The van der Waals surface area contributed by atoms with Gasteiger partial charge >= 0.3 is 0 Å². The summed E-state index contributed by atoms with van der Waals surface area (Å²) in [5.74, 6) is 0. The van der Waals surface area contributed by atoms with Gasteiger partial charge in [-0.2, -0.15) is 0 Å². The highest BCUT2D eigenvalue weighted by atomic mass is 32.1. The summed E-state index contributed by atoms with van der Waals surface area (Å²) in [5.41, 5.74) is 2.16. The Morgan fingerprint density at radius 1 is 1.11 bits per heavy atom. The summed E-state index contributed by atoms with van der Waals surface area (Å²) in [6.45, 7) is 4.00. The zero-order valence-electron chi connectivity index (χ0n) is 10.7. The van der Waals surface area contributed by atoms with Crippen LogP contribution in [0.15, 0.2) is 35.8 Å². The van der Waals surface area contributed by atoms with Crippen LogP contribution >= 0.6 is 11.3 Å². The third-order valence-corrected chi connectivity index (χ3v) is 4.30. The van der Waals surface area contributed by atoms with Gasteiger partial charge in [0.15, 0.2) is 5.13 Å². The molecule has 1 fully saturated rings. The van der Waals surface area contributed by atoms with Gasteiger partial charge in [-0.05, 0) is 6.07 Å². The number of piperazine rings is 1. The fourth-order valence-electron chi connectivity index (χ4n) is 2.46. The normalized spacial score (nSPS) is 15.8. The Hall–Kier alpha value is -1.59. The van der Waals surface area contributed by atoms with Crippen LogP contribution < -0.4 is 9.80 Å². The molecule has 1 aliphatic rings. The van der Waals surface area contributed by atoms with Crippen molar-refractivity contribution in [1.29, 1.82) is 0 Å². The van der Waals surface area contributed by atoms with E-state index < -0.39 is 0 Å². The van der Waals surface area contributed by atoms with Crippen LogP contribution in [-0.2, 0) is 6.61 Å². The fraction of sp³-hybridized carbons (Fsp3) is 0.357. The Morgan fingerprint density at radius 3 is 2.53 bits per heavy atom. The third-order valence-electron chi connectivity index (χ3n) is 3.47. The van der Waals surface area contributed by atoms with E-state index in [0.29, 0.717) is 0 Å². The maximum atomic E-state index is 9.41. The van der Waals surface area contributed by atoms with Crippen LogP contribution in [0.5, 0.6) is 0 Å². The number of hydrogen-bond acceptors (Lipinski definition) is 5. The quantitative estimate of drug-likeness (QED) is 0.929. The standard InChI is InChI=1S/C14H17N3OS/c18-11-12-3-1-2-4-13(12)16-6-8-17(9-7-16)14-15-5-10-19-14/h1-5,10,18H,6-9,11H2. The number of rotatable bonds is 3. The molecule has 1 aromatic carbocycles. The molecule has 0 saturated carbocycles. The number of nitrogens with zero attached hydrogens (tertiary/aromatic N) is 3. The monoisotopic (exact) mass is 275 g/mol. The number of benzene rings is 1. The van der Waals surface area contributed by atoms with Crippen molar-refractivity contribution in [3.8, 4) is 0 Å². The van der Waals surface area contributed by atoms with Crippen molar-refractivity contribution in [3.63, 3.8) is 0 Å². The second-order valence-corrected chi connectivity index (χ2v) is 5.45. The molecule has 1 aromatic heterocycles. The molecule has 2 aromatic rings. The Balaban J connectivity index is 1.70. The van der Waals surface area contributed by atoms with Gasteiger partial charge in [0.2, 0.25) is 0 Å². The molecule has 2 heterocycles. The van der Waals surface area contributed by atoms with Gasteiger partial charge in [-0.1, -0.05) is 18.2 Å². The lowest BCUT2D eigenvalue weighted by Gasteiger charge is -2.36. The highest BCUT2D eigenvalue weighted by Crippen LogP contribution is 2.24. The highest BCUT2D eigenvalue weighted by Gasteiger charge is 2.20. The van der Waals surface area contributed by atoms with E-state index in [1.807, 2.05) is 29.8 Å². The molecule has 1 N–H and O–H groups in total. The molecule has 0 bridgehead atoms. The Morgan fingerprint density at radius 2 is 1.84 bits per heavy atom. The molecule has 0 unspecified atom stereocenters. The summed E-state index contributed by atoms with van der Waals surface area (Å²) in [6, 6.07) is 8.08. The molecule has 4 nitrogen and oxygen atoms in total. The first-order valence-electron chi connectivity index (χ1n) is 6.46. The predicted molar refractivity (Wildman–Crippen MR) is 78.9 cm³/mol. The van der Waals surface area contributed by atoms with E-state index in [2.05, 4.69) is 20.9 Å². The molecule has 0 amide bonds. The van der Waals surface area contributed by atoms with Crippen LogP contribution in [0, 0.1) is 0 Å².